The third-order valence-corrected chi connectivity index (χ3v) is 4.86. The van der Waals surface area contributed by atoms with E-state index >= 15 is 0 Å². The molecule has 7 nitrogen and oxygen atoms in total. The summed E-state index contributed by atoms with van der Waals surface area (Å²) in [5.74, 6) is 0.612. The fourth-order valence-electron chi connectivity index (χ4n) is 3.84. The maximum atomic E-state index is 11.5. The largest absolute Gasteiger partial charge is 0.481 e. The fourth-order valence-corrected chi connectivity index (χ4v) is 3.84. The second kappa shape index (κ2) is 4.68. The van der Waals surface area contributed by atoms with Gasteiger partial charge in [0.15, 0.2) is 11.5 Å². The Morgan fingerprint density at radius 2 is 2.19 bits per heavy atom. The lowest BCUT2D eigenvalue weighted by atomic mass is 9.76. The molecule has 0 aromatic carbocycles. The van der Waals surface area contributed by atoms with Crippen LogP contribution in [0, 0.1) is 17.8 Å². The van der Waals surface area contributed by atoms with Crippen LogP contribution in [0.5, 0.6) is 0 Å². The van der Waals surface area contributed by atoms with Crippen LogP contribution < -0.4 is 4.90 Å². The van der Waals surface area contributed by atoms with Gasteiger partial charge in [-0.1, -0.05) is 0 Å². The van der Waals surface area contributed by atoms with Gasteiger partial charge in [0.05, 0.1) is 12.2 Å². The summed E-state index contributed by atoms with van der Waals surface area (Å²) in [5, 5.41) is 9.42. The average molecular weight is 287 g/mol. The Bertz CT molecular complexity index is 685. The molecule has 3 aliphatic rings. The van der Waals surface area contributed by atoms with E-state index in [-0.39, 0.29) is 11.8 Å². The van der Waals surface area contributed by atoms with Crippen LogP contribution in [0.4, 0.5) is 5.82 Å². The Balaban J connectivity index is 1.71. The molecule has 2 saturated heterocycles. The van der Waals surface area contributed by atoms with Crippen molar-refractivity contribution >= 4 is 23.0 Å². The van der Waals surface area contributed by atoms with Crippen molar-refractivity contribution in [3.05, 3.63) is 12.7 Å². The SMILES string of the molecule is O=C(O)C1CC2CCC1CN(c1ncnc3nc[nH]c13)C2. The Kier molecular flexibility index (Phi) is 2.80. The second-order valence-corrected chi connectivity index (χ2v) is 6.09. The molecule has 1 saturated carbocycles. The molecule has 0 amide bonds. The summed E-state index contributed by atoms with van der Waals surface area (Å²) in [6.45, 7) is 1.62. The predicted octanol–water partition coefficient (Wildman–Crippen LogP) is 1.29. The summed E-state index contributed by atoms with van der Waals surface area (Å²) < 4.78 is 0. The molecular weight excluding hydrogens is 270 g/mol. The summed E-state index contributed by atoms with van der Waals surface area (Å²) in [7, 11) is 0. The Labute approximate surface area is 121 Å². The molecule has 21 heavy (non-hydrogen) atoms. The summed E-state index contributed by atoms with van der Waals surface area (Å²) in [4.78, 5) is 29.5. The van der Waals surface area contributed by atoms with E-state index in [0.717, 1.165) is 43.7 Å². The number of hydrogen-bond donors (Lipinski definition) is 2. The number of carboxylic acids is 1. The maximum absolute atomic E-state index is 11.5. The topological polar surface area (TPSA) is 95.0 Å². The van der Waals surface area contributed by atoms with Crippen LogP contribution in [-0.4, -0.2) is 44.1 Å². The highest BCUT2D eigenvalue weighted by molar-refractivity contribution is 5.82. The van der Waals surface area contributed by atoms with Gasteiger partial charge in [-0.25, -0.2) is 15.0 Å². The zero-order valence-electron chi connectivity index (χ0n) is 11.6. The van der Waals surface area contributed by atoms with Crippen molar-refractivity contribution < 1.29 is 9.90 Å². The van der Waals surface area contributed by atoms with Crippen LogP contribution in [0.3, 0.4) is 0 Å². The van der Waals surface area contributed by atoms with Crippen molar-refractivity contribution in [3.63, 3.8) is 0 Å². The van der Waals surface area contributed by atoms with E-state index in [1.165, 1.54) is 6.33 Å². The second-order valence-electron chi connectivity index (χ2n) is 6.09. The Morgan fingerprint density at radius 1 is 1.29 bits per heavy atom. The van der Waals surface area contributed by atoms with Gasteiger partial charge >= 0.3 is 5.97 Å². The van der Waals surface area contributed by atoms with Gasteiger partial charge in [-0.05, 0) is 31.1 Å². The van der Waals surface area contributed by atoms with E-state index in [0.29, 0.717) is 11.6 Å². The van der Waals surface area contributed by atoms with Crippen LogP contribution in [-0.2, 0) is 4.79 Å². The summed E-state index contributed by atoms with van der Waals surface area (Å²) in [6.07, 6.45) is 6.04. The minimum Gasteiger partial charge on any atom is -0.481 e. The number of H-pyrrole nitrogens is 1. The van der Waals surface area contributed by atoms with Crippen molar-refractivity contribution in [2.75, 3.05) is 18.0 Å². The van der Waals surface area contributed by atoms with Crippen LogP contribution in [0.1, 0.15) is 19.3 Å². The standard InChI is InChI=1S/C14H17N5O2/c20-14(21)10-3-8-1-2-9(10)5-19(4-8)13-11-12(16-6-15-11)17-7-18-13/h6-10H,1-5H2,(H,20,21)(H,15,16,17,18). The van der Waals surface area contributed by atoms with Gasteiger partial charge in [0.1, 0.15) is 11.8 Å². The van der Waals surface area contributed by atoms with Crippen LogP contribution in [0.25, 0.3) is 11.2 Å². The molecule has 3 atom stereocenters. The Morgan fingerprint density at radius 3 is 3.05 bits per heavy atom. The van der Waals surface area contributed by atoms with Gasteiger partial charge < -0.3 is 15.0 Å². The number of rotatable bonds is 2. The highest BCUT2D eigenvalue weighted by atomic mass is 16.4. The zero-order valence-corrected chi connectivity index (χ0v) is 11.6. The first-order valence-electron chi connectivity index (χ1n) is 7.34. The molecule has 3 fully saturated rings. The first-order valence-corrected chi connectivity index (χ1v) is 7.34. The van der Waals surface area contributed by atoms with Gasteiger partial charge in [0.2, 0.25) is 0 Å². The van der Waals surface area contributed by atoms with Crippen molar-refractivity contribution in [2.45, 2.75) is 19.3 Å². The molecule has 2 aromatic heterocycles. The highest BCUT2D eigenvalue weighted by Crippen LogP contribution is 2.40. The molecule has 2 aliphatic heterocycles. The third kappa shape index (κ3) is 2.03. The maximum Gasteiger partial charge on any atom is 0.306 e. The number of carboxylic acid groups (broad SMARTS) is 1. The monoisotopic (exact) mass is 287 g/mol. The number of aliphatic carboxylic acids is 1. The summed E-state index contributed by atoms with van der Waals surface area (Å²) in [5.41, 5.74) is 1.50. The smallest absolute Gasteiger partial charge is 0.306 e. The molecule has 4 heterocycles. The number of aromatic nitrogens is 4. The lowest BCUT2D eigenvalue weighted by molar-refractivity contribution is -0.145. The number of anilines is 1. The first kappa shape index (κ1) is 12.6. The van der Waals surface area contributed by atoms with E-state index < -0.39 is 5.97 Å². The lowest BCUT2D eigenvalue weighted by Crippen LogP contribution is -2.32. The van der Waals surface area contributed by atoms with E-state index in [1.807, 2.05) is 0 Å². The molecular formula is C14H17N5O2. The number of hydrogen-bond acceptors (Lipinski definition) is 5. The van der Waals surface area contributed by atoms with Crippen molar-refractivity contribution in [3.8, 4) is 0 Å². The van der Waals surface area contributed by atoms with E-state index in [2.05, 4.69) is 24.8 Å². The van der Waals surface area contributed by atoms with Crippen molar-refractivity contribution in [1.29, 1.82) is 0 Å². The number of nitrogens with one attached hydrogen (secondary N) is 1. The van der Waals surface area contributed by atoms with E-state index in [1.54, 1.807) is 6.33 Å². The van der Waals surface area contributed by atoms with Crippen molar-refractivity contribution in [1.82, 2.24) is 19.9 Å². The van der Waals surface area contributed by atoms with Crippen LogP contribution >= 0.6 is 0 Å². The lowest BCUT2D eigenvalue weighted by Gasteiger charge is -2.28. The molecule has 2 bridgehead atoms. The van der Waals surface area contributed by atoms with E-state index in [9.17, 15) is 9.90 Å². The first-order chi connectivity index (χ1) is 10.2. The zero-order chi connectivity index (χ0) is 14.4. The number of aromatic amines is 1. The molecule has 2 aromatic rings. The molecule has 2 N–H and O–H groups in total. The summed E-state index contributed by atoms with van der Waals surface area (Å²) >= 11 is 0. The number of imidazole rings is 1. The summed E-state index contributed by atoms with van der Waals surface area (Å²) in [6, 6.07) is 0. The van der Waals surface area contributed by atoms with Crippen LogP contribution in [0.2, 0.25) is 0 Å². The fraction of sp³-hybridized carbons (Fsp3) is 0.571. The molecule has 0 spiro atoms. The predicted molar refractivity (Wildman–Crippen MR) is 75.9 cm³/mol. The van der Waals surface area contributed by atoms with Crippen molar-refractivity contribution in [2.24, 2.45) is 17.8 Å². The molecule has 7 heteroatoms. The minimum absolute atomic E-state index is 0.203. The third-order valence-electron chi connectivity index (χ3n) is 4.86. The minimum atomic E-state index is -0.652. The Hall–Kier alpha value is -2.18. The molecule has 5 rings (SSSR count). The molecule has 3 unspecified atom stereocenters. The quantitative estimate of drug-likeness (QED) is 0.864. The van der Waals surface area contributed by atoms with Gasteiger partial charge in [-0.15, -0.1) is 0 Å². The van der Waals surface area contributed by atoms with E-state index in [4.69, 9.17) is 0 Å². The van der Waals surface area contributed by atoms with Gasteiger partial charge in [0, 0.05) is 13.1 Å². The van der Waals surface area contributed by atoms with Gasteiger partial charge in [-0.2, -0.15) is 0 Å². The molecule has 0 radical (unpaired) electrons. The van der Waals surface area contributed by atoms with Crippen LogP contribution in [0.15, 0.2) is 12.7 Å². The number of fused-ring (bicyclic) bond motifs is 5. The average Bonchev–Trinajstić information content (AvgIpc) is 2.77. The molecule has 1 aliphatic carbocycles. The normalized spacial score (nSPS) is 28.8. The van der Waals surface area contributed by atoms with Gasteiger partial charge in [0.25, 0.3) is 0 Å². The highest BCUT2D eigenvalue weighted by Gasteiger charge is 2.40. The number of nitrogens with zero attached hydrogens (tertiary/aromatic N) is 4. The molecule has 110 valence electrons. The number of carbonyl (C=O) groups is 1. The van der Waals surface area contributed by atoms with Gasteiger partial charge in [-0.3, -0.25) is 4.79 Å².